The van der Waals surface area contributed by atoms with Crippen LogP contribution in [-0.2, 0) is 9.47 Å². The zero-order valence-electron chi connectivity index (χ0n) is 4.87. The van der Waals surface area contributed by atoms with Gasteiger partial charge in [-0.25, -0.2) is 0 Å². The number of hydrogen-bond acceptors (Lipinski definition) is 3. The predicted octanol–water partition coefficient (Wildman–Crippen LogP) is -0.927. The van der Waals surface area contributed by atoms with Gasteiger partial charge in [0.15, 0.2) is 0 Å². The van der Waals surface area contributed by atoms with E-state index in [9.17, 15) is 0 Å². The number of aliphatic hydroxyl groups excluding tert-OH is 1. The second-order valence-corrected chi connectivity index (χ2v) is 2.65. The molecule has 1 heterocycles. The molecule has 1 aliphatic heterocycles. The normalized spacial score (nSPS) is 27.8. The molecule has 0 aromatic heterocycles. The molecular weight excluding hydrogens is 187 g/mol. The summed E-state index contributed by atoms with van der Waals surface area (Å²) in [6, 6.07) is 0. The first-order valence-electron chi connectivity index (χ1n) is 2.73. The van der Waals surface area contributed by atoms with Crippen molar-refractivity contribution < 1.29 is 14.6 Å². The third-order valence-corrected chi connectivity index (χ3v) is 1.64. The molecule has 0 aromatic rings. The van der Waals surface area contributed by atoms with Gasteiger partial charge >= 0.3 is 60.7 Å². The first-order valence-corrected chi connectivity index (χ1v) is 3.58. The Morgan fingerprint density at radius 3 is 2.67 bits per heavy atom. The zero-order valence-corrected chi connectivity index (χ0v) is 6.58. The van der Waals surface area contributed by atoms with Crippen LogP contribution >= 0.6 is 0 Å². The Morgan fingerprint density at radius 1 is 1.56 bits per heavy atom. The molecule has 1 rings (SSSR count). The van der Waals surface area contributed by atoms with E-state index in [0.717, 1.165) is 0 Å². The van der Waals surface area contributed by atoms with Crippen molar-refractivity contribution in [3.63, 3.8) is 0 Å². The molecule has 0 radical (unpaired) electrons. The second-order valence-electron chi connectivity index (χ2n) is 1.77. The molecule has 0 bridgehead atoms. The molecule has 3 nitrogen and oxygen atoms in total. The fourth-order valence-electron chi connectivity index (χ4n) is 0.630. The van der Waals surface area contributed by atoms with Crippen molar-refractivity contribution in [2.45, 2.75) is 6.10 Å². The standard InChI is InChI=1S/C5H8O3Se/c6-5(9)4-3-7-1-2-8-4/h4H,1-3H2,(H,6,9). The Kier molecular flexibility index (Phi) is 2.66. The van der Waals surface area contributed by atoms with Gasteiger partial charge in [0.05, 0.1) is 0 Å². The van der Waals surface area contributed by atoms with Crippen LogP contribution in [0.5, 0.6) is 0 Å². The molecule has 0 saturated carbocycles. The number of hydrogen-bond donors (Lipinski definition) is 1. The molecule has 1 saturated heterocycles. The van der Waals surface area contributed by atoms with Gasteiger partial charge in [0.2, 0.25) is 0 Å². The van der Waals surface area contributed by atoms with E-state index in [1.807, 2.05) is 0 Å². The molecule has 1 atom stereocenters. The summed E-state index contributed by atoms with van der Waals surface area (Å²) in [5, 5.41) is 8.83. The average molecular weight is 195 g/mol. The fraction of sp³-hybridized carbons (Fsp3) is 0.800. The zero-order chi connectivity index (χ0) is 6.69. The van der Waals surface area contributed by atoms with Crippen molar-refractivity contribution in [3.8, 4) is 0 Å². The fourth-order valence-corrected chi connectivity index (χ4v) is 0.916. The monoisotopic (exact) mass is 196 g/mol. The van der Waals surface area contributed by atoms with Crippen molar-refractivity contribution in [2.75, 3.05) is 19.8 Å². The number of aliphatic hydroxyl groups is 1. The van der Waals surface area contributed by atoms with E-state index in [0.29, 0.717) is 19.8 Å². The van der Waals surface area contributed by atoms with Gasteiger partial charge in [-0.05, 0) is 0 Å². The van der Waals surface area contributed by atoms with Crippen LogP contribution in [0.4, 0.5) is 0 Å². The van der Waals surface area contributed by atoms with Crippen LogP contribution in [0, 0.1) is 0 Å². The molecule has 1 fully saturated rings. The van der Waals surface area contributed by atoms with E-state index in [4.69, 9.17) is 14.6 Å². The summed E-state index contributed by atoms with van der Waals surface area (Å²) in [4.78, 5) is 0. The van der Waals surface area contributed by atoms with Crippen LogP contribution in [-0.4, -0.2) is 51.2 Å². The summed E-state index contributed by atoms with van der Waals surface area (Å²) in [7, 11) is 0. The van der Waals surface area contributed by atoms with Crippen LogP contribution in [0.15, 0.2) is 0 Å². The van der Waals surface area contributed by atoms with Crippen LogP contribution < -0.4 is 0 Å². The first-order chi connectivity index (χ1) is 4.30. The Bertz CT molecular complexity index is 109. The van der Waals surface area contributed by atoms with E-state index in [1.54, 1.807) is 0 Å². The molecule has 9 heavy (non-hydrogen) atoms. The summed E-state index contributed by atoms with van der Waals surface area (Å²) in [5.41, 5.74) is 0. The SMILES string of the molecule is OC(=[Se])C1COCCO1. The molecular formula is C5H8O3Se. The number of ether oxygens (including phenoxy) is 2. The van der Waals surface area contributed by atoms with Crippen LogP contribution in [0.2, 0.25) is 0 Å². The summed E-state index contributed by atoms with van der Waals surface area (Å²) in [6.07, 6.45) is -0.251. The minimum absolute atomic E-state index is 0.176. The Morgan fingerprint density at radius 2 is 2.33 bits per heavy atom. The molecule has 52 valence electrons. The summed E-state index contributed by atoms with van der Waals surface area (Å²) >= 11 is 2.48. The van der Waals surface area contributed by atoms with E-state index >= 15 is 0 Å². The van der Waals surface area contributed by atoms with Crippen LogP contribution in [0.25, 0.3) is 0 Å². The van der Waals surface area contributed by atoms with Crippen molar-refractivity contribution in [1.82, 2.24) is 0 Å². The van der Waals surface area contributed by atoms with Gasteiger partial charge in [0.1, 0.15) is 0 Å². The van der Waals surface area contributed by atoms with Gasteiger partial charge in [-0.2, -0.15) is 0 Å². The van der Waals surface area contributed by atoms with Gasteiger partial charge < -0.3 is 0 Å². The molecule has 0 aromatic carbocycles. The van der Waals surface area contributed by atoms with Crippen molar-refractivity contribution in [1.29, 1.82) is 0 Å². The van der Waals surface area contributed by atoms with Crippen LogP contribution in [0.1, 0.15) is 0 Å². The predicted molar refractivity (Wildman–Crippen MR) is 33.3 cm³/mol. The van der Waals surface area contributed by atoms with Gasteiger partial charge in [0, 0.05) is 0 Å². The van der Waals surface area contributed by atoms with E-state index in [-0.39, 0.29) is 10.7 Å². The van der Waals surface area contributed by atoms with Gasteiger partial charge in [0.25, 0.3) is 0 Å². The average Bonchev–Trinajstić information content (AvgIpc) is 1.90. The van der Waals surface area contributed by atoms with E-state index in [1.165, 1.54) is 0 Å². The summed E-state index contributed by atoms with van der Waals surface area (Å²) < 4.78 is 10.3. The molecule has 1 N–H and O–H groups in total. The van der Waals surface area contributed by atoms with Gasteiger partial charge in [-0.15, -0.1) is 0 Å². The molecule has 1 aliphatic rings. The molecule has 1 unspecified atom stereocenters. The summed E-state index contributed by atoms with van der Waals surface area (Å²) in [6.45, 7) is 1.65. The van der Waals surface area contributed by atoms with Crippen molar-refractivity contribution in [2.24, 2.45) is 0 Å². The Labute approximate surface area is 61.3 Å². The third kappa shape index (κ3) is 2.06. The topological polar surface area (TPSA) is 38.7 Å². The molecule has 4 heteroatoms. The van der Waals surface area contributed by atoms with E-state index < -0.39 is 0 Å². The summed E-state index contributed by atoms with van der Waals surface area (Å²) in [5.74, 6) is 0. The Balaban J connectivity index is 2.31. The molecule has 0 aliphatic carbocycles. The van der Waals surface area contributed by atoms with Crippen molar-refractivity contribution >= 4 is 20.2 Å². The van der Waals surface area contributed by atoms with Gasteiger partial charge in [-0.1, -0.05) is 0 Å². The molecule has 0 amide bonds. The van der Waals surface area contributed by atoms with E-state index in [2.05, 4.69) is 15.6 Å². The quantitative estimate of drug-likeness (QED) is 0.549. The third-order valence-electron chi connectivity index (χ3n) is 1.09. The van der Waals surface area contributed by atoms with Crippen molar-refractivity contribution in [3.05, 3.63) is 0 Å². The minimum atomic E-state index is -0.251. The molecule has 0 spiro atoms. The first kappa shape index (κ1) is 7.22. The number of rotatable bonds is 1. The maximum atomic E-state index is 8.83. The second kappa shape index (κ2) is 3.32. The van der Waals surface area contributed by atoms with Crippen LogP contribution in [0.3, 0.4) is 0 Å². The van der Waals surface area contributed by atoms with Gasteiger partial charge in [-0.3, -0.25) is 0 Å². The maximum absolute atomic E-state index is 8.83. The Hall–Kier alpha value is 0.109.